The number of nitro groups is 1. The predicted octanol–water partition coefficient (Wildman–Crippen LogP) is 3.79. The maximum absolute atomic E-state index is 12.9. The summed E-state index contributed by atoms with van der Waals surface area (Å²) in [6.07, 6.45) is 3.96. The summed E-state index contributed by atoms with van der Waals surface area (Å²) >= 11 is 0. The molecule has 0 saturated carbocycles. The molecule has 3 heterocycles. The fourth-order valence-electron chi connectivity index (χ4n) is 4.42. The minimum Gasteiger partial charge on any atom is -0.386 e. The van der Waals surface area contributed by atoms with Crippen molar-refractivity contribution in [1.29, 1.82) is 0 Å². The quantitative estimate of drug-likeness (QED) is 0.201. The van der Waals surface area contributed by atoms with Crippen LogP contribution in [0.2, 0.25) is 0 Å². The molecular weight excluding hydrogens is 410 g/mol. The molecule has 4 aromatic rings. The molecule has 1 aliphatic heterocycles. The molecule has 2 aromatic carbocycles. The summed E-state index contributed by atoms with van der Waals surface area (Å²) in [4.78, 5) is 36.1. The molecule has 0 saturated heterocycles. The van der Waals surface area contributed by atoms with Crippen molar-refractivity contribution in [3.05, 3.63) is 82.2 Å². The van der Waals surface area contributed by atoms with Gasteiger partial charge in [0.25, 0.3) is 0 Å². The molecule has 160 valence electrons. The lowest BCUT2D eigenvalue weighted by atomic mass is 9.95. The molecule has 32 heavy (non-hydrogen) atoms. The Morgan fingerprint density at radius 1 is 0.875 bits per heavy atom. The van der Waals surface area contributed by atoms with Crippen LogP contribution in [0.3, 0.4) is 0 Å². The van der Waals surface area contributed by atoms with Gasteiger partial charge in [0, 0.05) is 70.3 Å². The number of hydrogen-bond donors (Lipinski definition) is 0. The summed E-state index contributed by atoms with van der Waals surface area (Å²) in [5.74, 6) is -1.36. The second-order valence-corrected chi connectivity index (χ2v) is 7.76. The number of rotatable bonds is 6. The molecule has 0 N–H and O–H groups in total. The molecule has 0 amide bonds. The molecule has 0 aliphatic carbocycles. The van der Waals surface area contributed by atoms with Crippen LogP contribution in [0.25, 0.3) is 33.0 Å². The minimum atomic E-state index is -0.689. The lowest BCUT2D eigenvalue weighted by molar-refractivity contribution is -0.480. The van der Waals surface area contributed by atoms with Gasteiger partial charge in [-0.3, -0.25) is 10.1 Å². The highest BCUT2D eigenvalue weighted by Crippen LogP contribution is 2.40. The third-order valence-electron chi connectivity index (χ3n) is 5.81. The van der Waals surface area contributed by atoms with Gasteiger partial charge in [-0.15, -0.1) is 0 Å². The number of fused-ring (bicyclic) bond motifs is 2. The van der Waals surface area contributed by atoms with Crippen molar-refractivity contribution < 1.29 is 19.2 Å². The Bertz CT molecular complexity index is 1460. The second-order valence-electron chi connectivity index (χ2n) is 7.76. The van der Waals surface area contributed by atoms with Crippen molar-refractivity contribution >= 4 is 44.9 Å². The lowest BCUT2D eigenvalue weighted by Crippen LogP contribution is -2.05. The van der Waals surface area contributed by atoms with Gasteiger partial charge >= 0.3 is 11.9 Å². The SMILES string of the molecule is Cn1cc(C2=C(c3cn(CCC[N+](=O)[O-])c4ccccc34)C(=O)OC2=O)c2ccccc21. The Balaban J connectivity index is 1.73. The number of ether oxygens (including phenoxy) is 1. The highest BCUT2D eigenvalue weighted by Gasteiger charge is 2.37. The average Bonchev–Trinajstić information content (AvgIpc) is 3.39. The van der Waals surface area contributed by atoms with Gasteiger partial charge in [0.1, 0.15) is 0 Å². The van der Waals surface area contributed by atoms with Gasteiger partial charge in [-0.25, -0.2) is 9.59 Å². The summed E-state index contributed by atoms with van der Waals surface area (Å²) in [6.45, 7) is 0.272. The molecule has 2 aromatic heterocycles. The summed E-state index contributed by atoms with van der Waals surface area (Å²) in [7, 11) is 1.88. The molecule has 8 nitrogen and oxygen atoms in total. The van der Waals surface area contributed by atoms with Crippen molar-refractivity contribution in [2.75, 3.05) is 6.54 Å². The van der Waals surface area contributed by atoms with Crippen molar-refractivity contribution in [3.63, 3.8) is 0 Å². The molecule has 0 radical (unpaired) electrons. The molecule has 1 aliphatic rings. The molecule has 0 atom stereocenters. The van der Waals surface area contributed by atoms with Crippen LogP contribution in [-0.2, 0) is 27.9 Å². The molecule has 0 fully saturated rings. The van der Waals surface area contributed by atoms with E-state index in [2.05, 4.69) is 0 Å². The van der Waals surface area contributed by atoms with Crippen LogP contribution in [0, 0.1) is 10.1 Å². The van der Waals surface area contributed by atoms with Crippen molar-refractivity contribution in [1.82, 2.24) is 9.13 Å². The third kappa shape index (κ3) is 3.08. The van der Waals surface area contributed by atoms with Gasteiger partial charge in [-0.05, 0) is 12.1 Å². The number of cyclic esters (lactones) is 2. The van der Waals surface area contributed by atoms with E-state index in [1.165, 1.54) is 0 Å². The Hall–Kier alpha value is -4.20. The number of aryl methyl sites for hydroxylation is 2. The van der Waals surface area contributed by atoms with E-state index in [0.29, 0.717) is 24.1 Å². The summed E-state index contributed by atoms with van der Waals surface area (Å²) in [5.41, 5.74) is 3.45. The van der Waals surface area contributed by atoms with E-state index in [0.717, 1.165) is 21.8 Å². The first kappa shape index (κ1) is 19.7. The summed E-state index contributed by atoms with van der Waals surface area (Å²) < 4.78 is 8.86. The maximum atomic E-state index is 12.9. The first-order chi connectivity index (χ1) is 15.5. The molecular formula is C24H19N3O5. The number of aromatic nitrogens is 2. The van der Waals surface area contributed by atoms with Gasteiger partial charge in [0.05, 0.1) is 11.1 Å². The predicted molar refractivity (Wildman–Crippen MR) is 119 cm³/mol. The highest BCUT2D eigenvalue weighted by molar-refractivity contribution is 6.46. The van der Waals surface area contributed by atoms with Crippen LogP contribution in [0.5, 0.6) is 0 Å². The van der Waals surface area contributed by atoms with Crippen LogP contribution < -0.4 is 0 Å². The Morgan fingerprint density at radius 3 is 2.09 bits per heavy atom. The second kappa shape index (κ2) is 7.49. The topological polar surface area (TPSA) is 96.4 Å². The van der Waals surface area contributed by atoms with E-state index >= 15 is 0 Å². The number of esters is 2. The number of benzene rings is 2. The number of hydrogen-bond acceptors (Lipinski definition) is 5. The van der Waals surface area contributed by atoms with E-state index in [9.17, 15) is 19.7 Å². The zero-order chi connectivity index (χ0) is 22.4. The summed E-state index contributed by atoms with van der Waals surface area (Å²) in [6, 6.07) is 15.1. The monoisotopic (exact) mass is 429 g/mol. The van der Waals surface area contributed by atoms with E-state index in [-0.39, 0.29) is 22.6 Å². The van der Waals surface area contributed by atoms with Gasteiger partial charge in [-0.2, -0.15) is 0 Å². The third-order valence-corrected chi connectivity index (χ3v) is 5.81. The van der Waals surface area contributed by atoms with E-state index in [1.807, 2.05) is 70.9 Å². The standard InChI is InChI=1S/C24H19N3O5/c1-25-13-17(15-7-2-4-9-19(15)25)21-22(24(29)32-23(21)28)18-14-26(11-6-12-27(30)31)20-10-5-3-8-16(18)20/h2-5,7-10,13-14H,6,11-12H2,1H3. The Labute approximate surface area is 182 Å². The van der Waals surface area contributed by atoms with Gasteiger partial charge < -0.3 is 13.9 Å². The maximum Gasteiger partial charge on any atom is 0.347 e. The zero-order valence-electron chi connectivity index (χ0n) is 17.3. The average molecular weight is 429 g/mol. The van der Waals surface area contributed by atoms with Crippen LogP contribution >= 0.6 is 0 Å². The Morgan fingerprint density at radius 2 is 1.44 bits per heavy atom. The molecule has 5 rings (SSSR count). The number of carbonyl (C=O) groups excluding carboxylic acids is 2. The van der Waals surface area contributed by atoms with Gasteiger partial charge in [0.2, 0.25) is 6.54 Å². The zero-order valence-corrected chi connectivity index (χ0v) is 17.3. The normalized spacial score (nSPS) is 14.0. The van der Waals surface area contributed by atoms with E-state index in [1.54, 1.807) is 6.20 Å². The van der Waals surface area contributed by atoms with E-state index < -0.39 is 11.9 Å². The fraction of sp³-hybridized carbons (Fsp3) is 0.167. The first-order valence-electron chi connectivity index (χ1n) is 10.2. The largest absolute Gasteiger partial charge is 0.386 e. The lowest BCUT2D eigenvalue weighted by Gasteiger charge is -2.02. The molecule has 0 spiro atoms. The highest BCUT2D eigenvalue weighted by atomic mass is 16.6. The number of carbonyl (C=O) groups is 2. The number of nitrogens with zero attached hydrogens (tertiary/aromatic N) is 3. The van der Waals surface area contributed by atoms with Crippen LogP contribution in [0.1, 0.15) is 17.5 Å². The Kier molecular flexibility index (Phi) is 4.62. The van der Waals surface area contributed by atoms with E-state index in [4.69, 9.17) is 4.74 Å². The molecule has 0 unspecified atom stereocenters. The molecule has 8 heteroatoms. The number of para-hydroxylation sites is 2. The fourth-order valence-corrected chi connectivity index (χ4v) is 4.42. The van der Waals surface area contributed by atoms with Crippen LogP contribution in [0.15, 0.2) is 60.9 Å². The molecule has 0 bridgehead atoms. The van der Waals surface area contributed by atoms with Crippen LogP contribution in [0.4, 0.5) is 0 Å². The smallest absolute Gasteiger partial charge is 0.347 e. The van der Waals surface area contributed by atoms with Crippen molar-refractivity contribution in [3.8, 4) is 0 Å². The summed E-state index contributed by atoms with van der Waals surface area (Å²) in [5, 5.41) is 12.4. The van der Waals surface area contributed by atoms with Crippen molar-refractivity contribution in [2.24, 2.45) is 7.05 Å². The van der Waals surface area contributed by atoms with Gasteiger partial charge in [-0.1, -0.05) is 36.4 Å². The van der Waals surface area contributed by atoms with Crippen molar-refractivity contribution in [2.45, 2.75) is 13.0 Å². The minimum absolute atomic E-state index is 0.147. The first-order valence-corrected chi connectivity index (χ1v) is 10.2. The van der Waals surface area contributed by atoms with Crippen LogP contribution in [-0.4, -0.2) is 32.5 Å². The van der Waals surface area contributed by atoms with Gasteiger partial charge in [0.15, 0.2) is 0 Å².